The van der Waals surface area contributed by atoms with Crippen LogP contribution in [-0.2, 0) is 9.59 Å². The zero-order chi connectivity index (χ0) is 18.6. The summed E-state index contributed by atoms with van der Waals surface area (Å²) >= 11 is 1.49. The SMILES string of the molecule is CC(=O)Nc1ccc(S[C@@H](C)C(=O)Nc2c(C)cc(C)cc2C)cc1. The third-order valence-corrected chi connectivity index (χ3v) is 4.89. The quantitative estimate of drug-likeness (QED) is 0.764. The molecular formula is C20H24N2O2S. The van der Waals surface area contributed by atoms with Crippen LogP contribution >= 0.6 is 11.8 Å². The molecule has 0 aliphatic heterocycles. The van der Waals surface area contributed by atoms with Gasteiger partial charge in [0.05, 0.1) is 5.25 Å². The minimum atomic E-state index is -0.230. The fraction of sp³-hybridized carbons (Fsp3) is 0.300. The molecule has 1 atom stereocenters. The average molecular weight is 356 g/mol. The van der Waals surface area contributed by atoms with Crippen molar-refractivity contribution in [3.05, 3.63) is 53.1 Å². The zero-order valence-electron chi connectivity index (χ0n) is 15.3. The smallest absolute Gasteiger partial charge is 0.237 e. The Morgan fingerprint density at radius 1 is 0.960 bits per heavy atom. The molecule has 0 bridgehead atoms. The molecule has 0 heterocycles. The van der Waals surface area contributed by atoms with E-state index in [0.717, 1.165) is 27.4 Å². The summed E-state index contributed by atoms with van der Waals surface area (Å²) in [5, 5.41) is 5.55. The molecule has 0 saturated heterocycles. The highest BCUT2D eigenvalue weighted by Crippen LogP contribution is 2.27. The number of nitrogens with one attached hydrogen (secondary N) is 2. The first-order chi connectivity index (χ1) is 11.8. The Morgan fingerprint density at radius 3 is 2.04 bits per heavy atom. The van der Waals surface area contributed by atoms with Crippen molar-refractivity contribution in [2.45, 2.75) is 44.8 Å². The van der Waals surface area contributed by atoms with Crippen LogP contribution in [-0.4, -0.2) is 17.1 Å². The second-order valence-corrected chi connectivity index (χ2v) is 7.64. The molecule has 0 aliphatic carbocycles. The van der Waals surface area contributed by atoms with Crippen molar-refractivity contribution in [1.29, 1.82) is 0 Å². The summed E-state index contributed by atoms with van der Waals surface area (Å²) in [5.41, 5.74) is 4.98. The van der Waals surface area contributed by atoms with E-state index in [1.807, 2.05) is 45.0 Å². The van der Waals surface area contributed by atoms with Gasteiger partial charge in [-0.1, -0.05) is 17.7 Å². The maximum absolute atomic E-state index is 12.5. The number of carbonyl (C=O) groups is 2. The largest absolute Gasteiger partial charge is 0.326 e. The number of hydrogen-bond donors (Lipinski definition) is 2. The molecule has 2 rings (SSSR count). The number of hydrogen-bond acceptors (Lipinski definition) is 3. The molecule has 132 valence electrons. The van der Waals surface area contributed by atoms with Gasteiger partial charge in [0.15, 0.2) is 0 Å². The van der Waals surface area contributed by atoms with Crippen LogP contribution in [0.2, 0.25) is 0 Å². The standard InChI is InChI=1S/C20H24N2O2S/c1-12-10-13(2)19(14(3)11-12)22-20(24)15(4)25-18-8-6-17(7-9-18)21-16(5)23/h6-11,15H,1-5H3,(H,21,23)(H,22,24)/t15-/m0/s1. The van der Waals surface area contributed by atoms with Gasteiger partial charge >= 0.3 is 0 Å². The molecule has 0 unspecified atom stereocenters. The lowest BCUT2D eigenvalue weighted by atomic mass is 10.1. The van der Waals surface area contributed by atoms with Gasteiger partial charge in [0, 0.05) is 23.2 Å². The van der Waals surface area contributed by atoms with Gasteiger partial charge in [0.25, 0.3) is 0 Å². The number of rotatable bonds is 5. The van der Waals surface area contributed by atoms with E-state index >= 15 is 0 Å². The average Bonchev–Trinajstić information content (AvgIpc) is 2.52. The van der Waals surface area contributed by atoms with Crippen LogP contribution in [0.15, 0.2) is 41.3 Å². The first-order valence-corrected chi connectivity index (χ1v) is 9.07. The first-order valence-electron chi connectivity index (χ1n) is 8.19. The maximum atomic E-state index is 12.5. The Balaban J connectivity index is 2.02. The summed E-state index contributed by atoms with van der Waals surface area (Å²) in [5.74, 6) is -0.122. The van der Waals surface area contributed by atoms with Crippen molar-refractivity contribution < 1.29 is 9.59 Å². The number of anilines is 2. The Morgan fingerprint density at radius 2 is 1.52 bits per heavy atom. The van der Waals surface area contributed by atoms with Crippen LogP contribution in [0.1, 0.15) is 30.5 Å². The molecule has 2 aromatic carbocycles. The van der Waals surface area contributed by atoms with Gasteiger partial charge in [0.2, 0.25) is 11.8 Å². The predicted octanol–water partition coefficient (Wildman–Crippen LogP) is 4.69. The summed E-state index contributed by atoms with van der Waals surface area (Å²) in [6.45, 7) is 9.43. The van der Waals surface area contributed by atoms with E-state index in [9.17, 15) is 9.59 Å². The minimum absolute atomic E-state index is 0.0222. The third-order valence-electron chi connectivity index (χ3n) is 3.78. The second-order valence-electron chi connectivity index (χ2n) is 6.23. The zero-order valence-corrected chi connectivity index (χ0v) is 16.1. The lowest BCUT2D eigenvalue weighted by Crippen LogP contribution is -2.23. The summed E-state index contributed by atoms with van der Waals surface area (Å²) in [6.07, 6.45) is 0. The number of thioether (sulfide) groups is 1. The van der Waals surface area contributed by atoms with E-state index in [1.54, 1.807) is 0 Å². The van der Waals surface area contributed by atoms with Gasteiger partial charge in [0.1, 0.15) is 0 Å². The topological polar surface area (TPSA) is 58.2 Å². The molecule has 0 aromatic heterocycles. The molecule has 0 spiro atoms. The number of benzene rings is 2. The Hall–Kier alpha value is -2.27. The van der Waals surface area contributed by atoms with Crippen LogP contribution in [0.5, 0.6) is 0 Å². The Labute approximate surface area is 153 Å². The fourth-order valence-corrected chi connectivity index (χ4v) is 3.55. The van der Waals surface area contributed by atoms with E-state index in [2.05, 4.69) is 29.7 Å². The fourth-order valence-electron chi connectivity index (χ4n) is 2.68. The van der Waals surface area contributed by atoms with E-state index in [1.165, 1.54) is 24.2 Å². The van der Waals surface area contributed by atoms with Crippen molar-refractivity contribution in [2.24, 2.45) is 0 Å². The molecule has 0 aliphatic rings. The molecule has 4 nitrogen and oxygen atoms in total. The highest BCUT2D eigenvalue weighted by Gasteiger charge is 2.16. The molecule has 0 radical (unpaired) electrons. The molecule has 0 fully saturated rings. The van der Waals surface area contributed by atoms with Crippen molar-refractivity contribution in [2.75, 3.05) is 10.6 Å². The van der Waals surface area contributed by atoms with Crippen LogP contribution in [0.25, 0.3) is 0 Å². The van der Waals surface area contributed by atoms with Crippen molar-refractivity contribution in [3.63, 3.8) is 0 Å². The van der Waals surface area contributed by atoms with Crippen LogP contribution in [0, 0.1) is 20.8 Å². The van der Waals surface area contributed by atoms with Gasteiger partial charge in [-0.25, -0.2) is 0 Å². The van der Waals surface area contributed by atoms with Crippen molar-refractivity contribution in [3.8, 4) is 0 Å². The van der Waals surface area contributed by atoms with Gasteiger partial charge in [-0.3, -0.25) is 9.59 Å². The molecule has 2 aromatic rings. The monoisotopic (exact) mass is 356 g/mol. The summed E-state index contributed by atoms with van der Waals surface area (Å²) < 4.78 is 0. The Bertz CT molecular complexity index is 762. The van der Waals surface area contributed by atoms with E-state index in [0.29, 0.717) is 0 Å². The lowest BCUT2D eigenvalue weighted by molar-refractivity contribution is -0.115. The molecular weight excluding hydrogens is 332 g/mol. The first kappa shape index (κ1) is 19.1. The number of amides is 2. The number of carbonyl (C=O) groups excluding carboxylic acids is 2. The van der Waals surface area contributed by atoms with Gasteiger partial charge < -0.3 is 10.6 Å². The van der Waals surface area contributed by atoms with Crippen molar-refractivity contribution >= 4 is 35.0 Å². The van der Waals surface area contributed by atoms with Crippen LogP contribution in [0.3, 0.4) is 0 Å². The van der Waals surface area contributed by atoms with E-state index in [-0.39, 0.29) is 17.1 Å². The third kappa shape index (κ3) is 5.36. The van der Waals surface area contributed by atoms with Gasteiger partial charge in [-0.15, -0.1) is 11.8 Å². The molecule has 2 N–H and O–H groups in total. The molecule has 0 saturated carbocycles. The highest BCUT2D eigenvalue weighted by atomic mass is 32.2. The van der Waals surface area contributed by atoms with Gasteiger partial charge in [-0.2, -0.15) is 0 Å². The predicted molar refractivity (Wildman–Crippen MR) is 105 cm³/mol. The summed E-state index contributed by atoms with van der Waals surface area (Å²) in [6, 6.07) is 11.6. The molecule has 2 amide bonds. The number of aryl methyl sites for hydroxylation is 3. The normalized spacial score (nSPS) is 11.7. The van der Waals surface area contributed by atoms with Crippen LogP contribution < -0.4 is 10.6 Å². The molecule has 25 heavy (non-hydrogen) atoms. The second kappa shape index (κ2) is 8.21. The molecule has 5 heteroatoms. The van der Waals surface area contributed by atoms with E-state index < -0.39 is 0 Å². The maximum Gasteiger partial charge on any atom is 0.237 e. The van der Waals surface area contributed by atoms with Crippen molar-refractivity contribution in [1.82, 2.24) is 0 Å². The van der Waals surface area contributed by atoms with Gasteiger partial charge in [-0.05, 0) is 63.1 Å². The highest BCUT2D eigenvalue weighted by molar-refractivity contribution is 8.00. The lowest BCUT2D eigenvalue weighted by Gasteiger charge is -2.16. The van der Waals surface area contributed by atoms with Crippen LogP contribution in [0.4, 0.5) is 11.4 Å². The Kier molecular flexibility index (Phi) is 6.26. The van der Waals surface area contributed by atoms with E-state index in [4.69, 9.17) is 0 Å². The minimum Gasteiger partial charge on any atom is -0.326 e. The summed E-state index contributed by atoms with van der Waals surface area (Å²) in [4.78, 5) is 24.6. The summed E-state index contributed by atoms with van der Waals surface area (Å²) in [7, 11) is 0.